The van der Waals surface area contributed by atoms with Crippen molar-refractivity contribution >= 4 is 142 Å². The summed E-state index contributed by atoms with van der Waals surface area (Å²) in [5.41, 5.74) is -10.8. The summed E-state index contributed by atoms with van der Waals surface area (Å²) in [6.45, 7) is 13.8. The number of rotatable bonds is 9. The van der Waals surface area contributed by atoms with Gasteiger partial charge < -0.3 is 18.6 Å². The molecule has 0 unspecified atom stereocenters. The molecule has 0 bridgehead atoms. The lowest BCUT2D eigenvalue weighted by molar-refractivity contribution is 0.590. The standard InChI is InChI=1S/C90H74BClN2O2Si/c1-88(2,3)61-52-77-83-78(53-61)94(85-70(58-32-17-11-18-33-58)56-72(90(7,8)9)82-68-43-26-28-45-80(68)96-87(82)85)76-54-62(92)47-48-73(76)91(83)74-51-60(59-34-29-41-66(50-59)97(63-35-19-12-20-36-63,64-37-21-13-22-38-64)65-39-23-14-24-40-65)46-49-75(74)93(77)84-69(57-30-15-10-16-31-57)55-71(89(4,5)6)81-67-42-25-27-44-79(67)95-86(81)84/h10-56H,1-9H3/i10D,11D,15D,16D,17D,18D,25D,26D,27D,28D,30D,31D,32D,33D,42D,43D,44D,45D,46D,47D,48D,49D,51D,54D,55D,56D. The summed E-state index contributed by atoms with van der Waals surface area (Å²) in [4.78, 5) is 2.64. The molecular formula is C90H74BClN2O2Si. The normalized spacial score (nSPS) is 16.9. The van der Waals surface area contributed by atoms with Crippen molar-refractivity contribution in [3.05, 3.63) is 306 Å². The minimum atomic E-state index is -3.57. The van der Waals surface area contributed by atoms with Gasteiger partial charge in [0, 0.05) is 60.4 Å². The second-order valence-electron chi connectivity index (χ2n) is 27.6. The average Bonchev–Trinajstić information content (AvgIpc) is 0.956. The predicted octanol–water partition coefficient (Wildman–Crippen LogP) is 20.5. The van der Waals surface area contributed by atoms with E-state index in [0.29, 0.717) is 0 Å². The summed E-state index contributed by atoms with van der Waals surface area (Å²) >= 11 is 7.43. The lowest BCUT2D eigenvalue weighted by Crippen LogP contribution is -2.74. The molecule has 0 aliphatic carbocycles. The van der Waals surface area contributed by atoms with Crippen LogP contribution >= 0.6 is 11.6 Å². The molecule has 13 aromatic carbocycles. The minimum absolute atomic E-state index is 0.0261. The molecule has 2 aliphatic rings. The molecule has 2 aliphatic heterocycles. The third kappa shape index (κ3) is 9.61. The Labute approximate surface area is 611 Å². The molecule has 0 spiro atoms. The molecule has 4 heterocycles. The van der Waals surface area contributed by atoms with Crippen molar-refractivity contribution in [3.63, 3.8) is 0 Å². The second-order valence-corrected chi connectivity index (χ2v) is 31.8. The van der Waals surface area contributed by atoms with E-state index in [4.69, 9.17) is 24.5 Å². The monoisotopic (exact) mass is 1310 g/mol. The first-order valence-electron chi connectivity index (χ1n) is 44.9. The van der Waals surface area contributed by atoms with E-state index in [1.807, 2.05) is 124 Å². The van der Waals surface area contributed by atoms with Crippen molar-refractivity contribution in [1.82, 2.24) is 0 Å². The molecule has 0 amide bonds. The zero-order valence-electron chi connectivity index (χ0n) is 80.3. The molecule has 0 saturated heterocycles. The number of hydrogen-bond acceptors (Lipinski definition) is 4. The molecule has 97 heavy (non-hydrogen) atoms. The van der Waals surface area contributed by atoms with Gasteiger partial charge in [0.1, 0.15) is 11.2 Å². The maximum absolute atomic E-state index is 11.6. The largest absolute Gasteiger partial charge is 0.454 e. The highest BCUT2D eigenvalue weighted by Gasteiger charge is 2.48. The van der Waals surface area contributed by atoms with Crippen LogP contribution in [0, 0.1) is 0 Å². The maximum atomic E-state index is 11.6. The van der Waals surface area contributed by atoms with Crippen molar-refractivity contribution in [1.29, 1.82) is 0 Å². The molecule has 17 rings (SSSR count). The molecule has 0 N–H and O–H groups in total. The Hall–Kier alpha value is -10.4. The zero-order valence-corrected chi connectivity index (χ0v) is 56.0. The number of furan rings is 2. The Morgan fingerprint density at radius 1 is 0.392 bits per heavy atom. The smallest absolute Gasteiger partial charge is 0.252 e. The van der Waals surface area contributed by atoms with Crippen LogP contribution < -0.4 is 46.9 Å². The summed E-state index contributed by atoms with van der Waals surface area (Å²) in [6.07, 6.45) is 0. The second kappa shape index (κ2) is 22.6. The number of hydrogen-bond donors (Lipinski definition) is 0. The number of halogens is 1. The fourth-order valence-electron chi connectivity index (χ4n) is 14.4. The SMILES string of the molecule is [2H]c1c([2H])c([2H])c(-c2c([2H])c(C(C)(C)C)c3c(oc4c([2H])c([2H])c([2H])c([2H])c43)c2N2c3cc(C(C)(C)C)cc4c3B(c3c([2H])c(-c5cccc([Si](c6ccccc6)(c6ccccc6)c6ccccc6)c5)c([2H])c([2H])c32)c2c([2H])c([2H])c(Cl)c([2H])c2N4c2c(-c3c([2H])c([2H])c([2H])c([2H])c3[2H])c([2H])c(C(C)(C)C)c3c2oc2c([2H])c([2H])c([2H])c([2H])c23)c([2H])c1[2H]. The highest BCUT2D eigenvalue weighted by molar-refractivity contribution is 7.20. The quantitative estimate of drug-likeness (QED) is 0.107. The maximum Gasteiger partial charge on any atom is 0.252 e. The summed E-state index contributed by atoms with van der Waals surface area (Å²) in [5, 5.41) is 2.07. The zero-order chi connectivity index (χ0) is 88.9. The number of benzene rings is 13. The lowest BCUT2D eigenvalue weighted by atomic mass is 9.33. The third-order valence-corrected chi connectivity index (χ3v) is 23.6. The van der Waals surface area contributed by atoms with Crippen LogP contribution in [0.1, 0.15) is 115 Å². The van der Waals surface area contributed by atoms with E-state index in [-0.39, 0.29) is 77.1 Å². The Morgan fingerprint density at radius 3 is 1.34 bits per heavy atom. The third-order valence-electron chi connectivity index (χ3n) is 18.6. The fourth-order valence-corrected chi connectivity index (χ4v) is 19.3. The van der Waals surface area contributed by atoms with Crippen molar-refractivity contribution in [3.8, 4) is 33.4 Å². The summed E-state index contributed by atoms with van der Waals surface area (Å²) in [6, 6.07) is 20.6. The molecule has 4 nitrogen and oxygen atoms in total. The molecule has 0 saturated carbocycles. The highest BCUT2D eigenvalue weighted by Crippen LogP contribution is 2.56. The van der Waals surface area contributed by atoms with Gasteiger partial charge >= 0.3 is 0 Å². The fraction of sp³-hybridized carbons (Fsp3) is 0.133. The Morgan fingerprint density at radius 2 is 0.856 bits per heavy atom. The van der Waals surface area contributed by atoms with Crippen LogP contribution in [0.15, 0.2) is 293 Å². The van der Waals surface area contributed by atoms with E-state index in [1.165, 1.54) is 9.80 Å². The van der Waals surface area contributed by atoms with E-state index in [9.17, 15) is 31.5 Å². The molecule has 0 radical (unpaired) electrons. The van der Waals surface area contributed by atoms with Gasteiger partial charge in [-0.25, -0.2) is 0 Å². The van der Waals surface area contributed by atoms with Gasteiger partial charge in [0.2, 0.25) is 0 Å². The van der Waals surface area contributed by atoms with Crippen molar-refractivity contribution in [2.75, 3.05) is 9.80 Å². The van der Waals surface area contributed by atoms with E-state index < -0.39 is 260 Å². The van der Waals surface area contributed by atoms with Gasteiger partial charge in [0.15, 0.2) is 19.2 Å². The van der Waals surface area contributed by atoms with E-state index in [2.05, 4.69) is 0 Å². The number of anilines is 6. The lowest BCUT2D eigenvalue weighted by Gasteiger charge is -2.46. The van der Waals surface area contributed by atoms with Gasteiger partial charge in [-0.2, -0.15) is 0 Å². The first-order chi connectivity index (χ1) is 57.8. The van der Waals surface area contributed by atoms with Crippen LogP contribution in [0.2, 0.25) is 5.02 Å². The van der Waals surface area contributed by atoms with Crippen LogP contribution in [-0.2, 0) is 16.2 Å². The van der Waals surface area contributed by atoms with Crippen LogP contribution in [-0.4, -0.2) is 14.8 Å². The summed E-state index contributed by atoms with van der Waals surface area (Å²) in [7, 11) is -3.57. The molecule has 0 fully saturated rings. The van der Waals surface area contributed by atoms with Crippen LogP contribution in [0.25, 0.3) is 77.3 Å². The van der Waals surface area contributed by atoms with Crippen LogP contribution in [0.3, 0.4) is 0 Å². The topological polar surface area (TPSA) is 32.8 Å². The average molecular weight is 1320 g/mol. The highest BCUT2D eigenvalue weighted by atomic mass is 35.5. The molecule has 2 aromatic heterocycles. The van der Waals surface area contributed by atoms with Gasteiger partial charge in [0.25, 0.3) is 6.71 Å². The predicted molar refractivity (Wildman–Crippen MR) is 416 cm³/mol. The Balaban J connectivity index is 1.17. The van der Waals surface area contributed by atoms with Crippen LogP contribution in [0.4, 0.5) is 34.1 Å². The first-order valence-corrected chi connectivity index (χ1v) is 34.3. The van der Waals surface area contributed by atoms with Crippen molar-refractivity contribution in [2.24, 2.45) is 0 Å². The summed E-state index contributed by atoms with van der Waals surface area (Å²) in [5.74, 6) is 0. The molecule has 470 valence electrons. The van der Waals surface area contributed by atoms with Crippen LogP contribution in [0.5, 0.6) is 0 Å². The number of nitrogens with zero attached hydrogens (tertiary/aromatic N) is 2. The molecule has 0 atom stereocenters. The molecular weight excluding hydrogens is 1220 g/mol. The summed E-state index contributed by atoms with van der Waals surface area (Å²) < 4.78 is 274. The molecule has 7 heteroatoms. The van der Waals surface area contributed by atoms with E-state index in [1.54, 1.807) is 65.8 Å². The van der Waals surface area contributed by atoms with Gasteiger partial charge in [-0.05, 0) is 147 Å². The molecule has 15 aromatic rings. The van der Waals surface area contributed by atoms with Crippen molar-refractivity contribution in [2.45, 2.75) is 78.6 Å². The number of para-hydroxylation sites is 2. The van der Waals surface area contributed by atoms with E-state index in [0.717, 1.165) is 20.7 Å². The minimum Gasteiger partial charge on any atom is -0.454 e. The first kappa shape index (κ1) is 38.4. The van der Waals surface area contributed by atoms with Gasteiger partial charge in [-0.1, -0.05) is 304 Å². The Bertz CT molecular complexity index is 7080. The Kier molecular flexibility index (Phi) is 8.96. The van der Waals surface area contributed by atoms with Gasteiger partial charge in [-0.15, -0.1) is 0 Å². The van der Waals surface area contributed by atoms with Crippen molar-refractivity contribution < 1.29 is 44.5 Å². The van der Waals surface area contributed by atoms with Gasteiger partial charge in [0.05, 0.1) is 47.0 Å². The van der Waals surface area contributed by atoms with E-state index >= 15 is 0 Å². The van der Waals surface area contributed by atoms with Gasteiger partial charge in [-0.3, -0.25) is 0 Å². The number of fused-ring (bicyclic) bond motifs is 10.